The lowest BCUT2D eigenvalue weighted by Gasteiger charge is -2.08. The molecule has 1 rings (SSSR count). The third-order valence-electron chi connectivity index (χ3n) is 2.29. The number of halogens is 1. The fourth-order valence-corrected chi connectivity index (χ4v) is 1.37. The van der Waals surface area contributed by atoms with Gasteiger partial charge in [-0.05, 0) is 12.0 Å². The summed E-state index contributed by atoms with van der Waals surface area (Å²) in [5, 5.41) is 10.6. The summed E-state index contributed by atoms with van der Waals surface area (Å²) in [6.07, 6.45) is 0. The van der Waals surface area contributed by atoms with Crippen LogP contribution in [0.15, 0.2) is 18.2 Å². The standard InChI is InChI=1S/C13H16FNO5/c1-9(2)8-19-5-6-20-13(16)11-7-10(15(17)18)3-4-12(11)14/h3-4,7,9H,5-6,8H2,1-2H3. The van der Waals surface area contributed by atoms with Crippen molar-refractivity contribution in [3.8, 4) is 0 Å². The number of non-ortho nitro benzene ring substituents is 1. The molecule has 7 heteroatoms. The molecule has 0 bridgehead atoms. The van der Waals surface area contributed by atoms with Crippen molar-refractivity contribution in [2.75, 3.05) is 19.8 Å². The number of nitro benzene ring substituents is 1. The number of nitro groups is 1. The van der Waals surface area contributed by atoms with Crippen LogP contribution in [0.4, 0.5) is 10.1 Å². The molecule has 6 nitrogen and oxygen atoms in total. The molecule has 0 aliphatic heterocycles. The Hall–Kier alpha value is -2.02. The van der Waals surface area contributed by atoms with E-state index in [0.29, 0.717) is 12.5 Å². The monoisotopic (exact) mass is 285 g/mol. The smallest absolute Gasteiger partial charge is 0.341 e. The molecule has 0 aromatic heterocycles. The molecule has 1 aromatic carbocycles. The van der Waals surface area contributed by atoms with Crippen molar-refractivity contribution >= 4 is 11.7 Å². The topological polar surface area (TPSA) is 78.7 Å². The first-order valence-corrected chi connectivity index (χ1v) is 6.10. The number of ether oxygens (including phenoxy) is 2. The molecular weight excluding hydrogens is 269 g/mol. The molecule has 0 aliphatic rings. The summed E-state index contributed by atoms with van der Waals surface area (Å²) in [6.45, 7) is 4.64. The SMILES string of the molecule is CC(C)COCCOC(=O)c1cc([N+](=O)[O-])ccc1F. The van der Waals surface area contributed by atoms with Gasteiger partial charge in [-0.3, -0.25) is 10.1 Å². The van der Waals surface area contributed by atoms with E-state index >= 15 is 0 Å². The van der Waals surface area contributed by atoms with Gasteiger partial charge in [0.1, 0.15) is 18.0 Å². The first kappa shape index (κ1) is 16.0. The van der Waals surface area contributed by atoms with Crippen LogP contribution in [-0.2, 0) is 9.47 Å². The third-order valence-corrected chi connectivity index (χ3v) is 2.29. The van der Waals surface area contributed by atoms with Crippen LogP contribution in [-0.4, -0.2) is 30.7 Å². The number of benzene rings is 1. The zero-order valence-corrected chi connectivity index (χ0v) is 11.3. The van der Waals surface area contributed by atoms with Crippen LogP contribution in [0.2, 0.25) is 0 Å². The molecule has 0 saturated carbocycles. The number of carbonyl (C=O) groups excluding carboxylic acids is 1. The zero-order chi connectivity index (χ0) is 15.1. The maximum atomic E-state index is 13.4. The maximum absolute atomic E-state index is 13.4. The number of hydrogen-bond acceptors (Lipinski definition) is 5. The van der Waals surface area contributed by atoms with Crippen LogP contribution in [0.25, 0.3) is 0 Å². The zero-order valence-electron chi connectivity index (χ0n) is 11.3. The quantitative estimate of drug-likeness (QED) is 0.333. The molecule has 0 aliphatic carbocycles. The van der Waals surface area contributed by atoms with Gasteiger partial charge in [0.2, 0.25) is 0 Å². The van der Waals surface area contributed by atoms with Gasteiger partial charge < -0.3 is 9.47 Å². The van der Waals surface area contributed by atoms with Crippen LogP contribution >= 0.6 is 0 Å². The third kappa shape index (κ3) is 4.93. The summed E-state index contributed by atoms with van der Waals surface area (Å²) >= 11 is 0. The van der Waals surface area contributed by atoms with Gasteiger partial charge in [-0.15, -0.1) is 0 Å². The normalized spacial score (nSPS) is 10.6. The van der Waals surface area contributed by atoms with Crippen molar-refractivity contribution in [1.82, 2.24) is 0 Å². The van der Waals surface area contributed by atoms with Crippen LogP contribution in [0, 0.1) is 21.8 Å². The number of hydrogen-bond donors (Lipinski definition) is 0. The van der Waals surface area contributed by atoms with E-state index in [9.17, 15) is 19.3 Å². The molecule has 0 fully saturated rings. The van der Waals surface area contributed by atoms with E-state index in [1.807, 2.05) is 13.8 Å². The Morgan fingerprint density at radius 1 is 1.40 bits per heavy atom. The number of carbonyl (C=O) groups is 1. The molecule has 0 spiro atoms. The molecule has 0 amide bonds. The Balaban J connectivity index is 2.55. The molecule has 110 valence electrons. The molecule has 0 unspecified atom stereocenters. The van der Waals surface area contributed by atoms with Crippen molar-refractivity contribution < 1.29 is 23.6 Å². The van der Waals surface area contributed by atoms with Crippen molar-refractivity contribution in [3.63, 3.8) is 0 Å². The Morgan fingerprint density at radius 3 is 2.70 bits per heavy atom. The van der Waals surface area contributed by atoms with E-state index in [2.05, 4.69) is 0 Å². The molecule has 0 N–H and O–H groups in total. The van der Waals surface area contributed by atoms with Gasteiger partial charge in [-0.25, -0.2) is 9.18 Å². The molecule has 0 heterocycles. The minimum Gasteiger partial charge on any atom is -0.460 e. The average Bonchev–Trinajstić information content (AvgIpc) is 2.37. The van der Waals surface area contributed by atoms with Gasteiger partial charge in [0.05, 0.1) is 11.5 Å². The van der Waals surface area contributed by atoms with Crippen molar-refractivity contribution in [2.45, 2.75) is 13.8 Å². The van der Waals surface area contributed by atoms with E-state index in [0.717, 1.165) is 18.2 Å². The summed E-state index contributed by atoms with van der Waals surface area (Å²) in [5.74, 6) is -1.44. The van der Waals surface area contributed by atoms with E-state index in [4.69, 9.17) is 9.47 Å². The highest BCUT2D eigenvalue weighted by Gasteiger charge is 2.18. The summed E-state index contributed by atoms with van der Waals surface area (Å²) in [6, 6.07) is 2.70. The van der Waals surface area contributed by atoms with Gasteiger partial charge in [-0.1, -0.05) is 13.8 Å². The lowest BCUT2D eigenvalue weighted by Crippen LogP contribution is -2.14. The highest BCUT2D eigenvalue weighted by Crippen LogP contribution is 2.17. The fraction of sp³-hybridized carbons (Fsp3) is 0.462. The van der Waals surface area contributed by atoms with Gasteiger partial charge in [-0.2, -0.15) is 0 Å². The predicted molar refractivity (Wildman–Crippen MR) is 69.0 cm³/mol. The van der Waals surface area contributed by atoms with E-state index in [1.54, 1.807) is 0 Å². The lowest BCUT2D eigenvalue weighted by atomic mass is 10.2. The number of esters is 1. The summed E-state index contributed by atoms with van der Waals surface area (Å²) in [5.41, 5.74) is -0.822. The van der Waals surface area contributed by atoms with Gasteiger partial charge in [0, 0.05) is 18.7 Å². The summed E-state index contributed by atoms with van der Waals surface area (Å²) in [7, 11) is 0. The number of rotatable bonds is 7. The largest absolute Gasteiger partial charge is 0.460 e. The molecule has 20 heavy (non-hydrogen) atoms. The van der Waals surface area contributed by atoms with Crippen molar-refractivity contribution in [3.05, 3.63) is 39.7 Å². The fourth-order valence-electron chi connectivity index (χ4n) is 1.37. The Kier molecular flexibility index (Phi) is 6.05. The van der Waals surface area contributed by atoms with Gasteiger partial charge >= 0.3 is 5.97 Å². The van der Waals surface area contributed by atoms with Crippen LogP contribution < -0.4 is 0 Å². The lowest BCUT2D eigenvalue weighted by molar-refractivity contribution is -0.384. The Bertz CT molecular complexity index is 490. The van der Waals surface area contributed by atoms with E-state index in [1.165, 1.54) is 0 Å². The molecule has 0 saturated heterocycles. The van der Waals surface area contributed by atoms with E-state index in [-0.39, 0.29) is 18.9 Å². The predicted octanol–water partition coefficient (Wildman–Crippen LogP) is 2.56. The highest BCUT2D eigenvalue weighted by molar-refractivity contribution is 5.90. The van der Waals surface area contributed by atoms with Crippen LogP contribution in [0.1, 0.15) is 24.2 Å². The van der Waals surface area contributed by atoms with E-state index < -0.39 is 22.3 Å². The molecular formula is C13H16FNO5. The minimum atomic E-state index is -0.945. The molecule has 0 radical (unpaired) electrons. The highest BCUT2D eigenvalue weighted by atomic mass is 19.1. The van der Waals surface area contributed by atoms with Crippen LogP contribution in [0.5, 0.6) is 0 Å². The maximum Gasteiger partial charge on any atom is 0.341 e. The van der Waals surface area contributed by atoms with Gasteiger partial charge in [0.15, 0.2) is 0 Å². The Labute approximate surface area is 115 Å². The first-order chi connectivity index (χ1) is 9.41. The molecule has 1 aromatic rings. The summed E-state index contributed by atoms with van der Waals surface area (Å²) < 4.78 is 23.4. The molecule has 0 atom stereocenters. The summed E-state index contributed by atoms with van der Waals surface area (Å²) in [4.78, 5) is 21.5. The van der Waals surface area contributed by atoms with Crippen LogP contribution in [0.3, 0.4) is 0 Å². The second-order valence-electron chi connectivity index (χ2n) is 4.53. The van der Waals surface area contributed by atoms with Crippen molar-refractivity contribution in [2.24, 2.45) is 5.92 Å². The minimum absolute atomic E-state index is 0.0340. The second-order valence-corrected chi connectivity index (χ2v) is 4.53. The number of nitrogens with zero attached hydrogens (tertiary/aromatic N) is 1. The van der Waals surface area contributed by atoms with Gasteiger partial charge in [0.25, 0.3) is 5.69 Å². The first-order valence-electron chi connectivity index (χ1n) is 6.10. The second kappa shape index (κ2) is 7.54. The average molecular weight is 285 g/mol. The Morgan fingerprint density at radius 2 is 2.10 bits per heavy atom. The van der Waals surface area contributed by atoms with Crippen molar-refractivity contribution in [1.29, 1.82) is 0 Å².